The molecule has 1 fully saturated rings. The van der Waals surface area contributed by atoms with E-state index in [0.717, 1.165) is 24.1 Å². The Morgan fingerprint density at radius 3 is 2.73 bits per heavy atom. The lowest BCUT2D eigenvalue weighted by Gasteiger charge is -2.20. The molecule has 10 heteroatoms. The van der Waals surface area contributed by atoms with Crippen LogP contribution in [0.3, 0.4) is 0 Å². The van der Waals surface area contributed by atoms with E-state index < -0.39 is 6.36 Å². The lowest BCUT2D eigenvalue weighted by atomic mass is 10.2. The summed E-state index contributed by atoms with van der Waals surface area (Å²) in [5, 5.41) is 12.5. The molecule has 1 atom stereocenters. The summed E-state index contributed by atoms with van der Waals surface area (Å²) in [5.41, 5.74) is 2.36. The fourth-order valence-corrected chi connectivity index (χ4v) is 3.97. The highest BCUT2D eigenvalue weighted by Crippen LogP contribution is 2.29. The van der Waals surface area contributed by atoms with Crippen molar-refractivity contribution in [3.8, 4) is 11.8 Å². The van der Waals surface area contributed by atoms with Crippen LogP contribution in [0.4, 0.5) is 19.0 Å². The second-order valence-corrected chi connectivity index (χ2v) is 8.17. The molecule has 7 nitrogen and oxygen atoms in total. The van der Waals surface area contributed by atoms with E-state index >= 15 is 0 Å². The van der Waals surface area contributed by atoms with Gasteiger partial charge in [-0.25, -0.2) is 0 Å². The van der Waals surface area contributed by atoms with Crippen molar-refractivity contribution in [2.45, 2.75) is 52.2 Å². The lowest BCUT2D eigenvalue weighted by molar-refractivity contribution is -0.275. The summed E-state index contributed by atoms with van der Waals surface area (Å²) in [6.07, 6.45) is -2.90. The van der Waals surface area contributed by atoms with Crippen molar-refractivity contribution in [1.82, 2.24) is 9.47 Å². The fourth-order valence-electron chi connectivity index (χ4n) is 3.97. The molecular weight excluding hydrogens is 437 g/mol. The zero-order chi connectivity index (χ0) is 24.2. The van der Waals surface area contributed by atoms with Crippen molar-refractivity contribution in [2.75, 3.05) is 25.5 Å². The summed E-state index contributed by atoms with van der Waals surface area (Å²) < 4.78 is 49.7. The van der Waals surface area contributed by atoms with Gasteiger partial charge in [-0.1, -0.05) is 18.2 Å². The van der Waals surface area contributed by atoms with Crippen molar-refractivity contribution in [3.63, 3.8) is 0 Å². The number of nitriles is 1. The Bertz CT molecular complexity index is 1040. The van der Waals surface area contributed by atoms with Crippen LogP contribution in [0.5, 0.6) is 5.75 Å². The quantitative estimate of drug-likeness (QED) is 0.636. The molecule has 0 saturated carbocycles. The molecule has 178 valence electrons. The maximum absolute atomic E-state index is 12.8. The standard InChI is InChI=1S/C23H27F3N4O3/c1-15-16(2)30(13-18-8-6-10-32-18)22(19(15)11-27)28-21(31)14-29(3)12-17-7-4-5-9-20(17)33-23(24,25)26/h4-5,7,9,18H,6,8,10,12-14H2,1-3H3,(H,28,31). The maximum atomic E-state index is 12.8. The maximum Gasteiger partial charge on any atom is 0.573 e. The summed E-state index contributed by atoms with van der Waals surface area (Å²) >= 11 is 0. The van der Waals surface area contributed by atoms with Crippen molar-refractivity contribution in [1.29, 1.82) is 5.26 Å². The number of alkyl halides is 3. The van der Waals surface area contributed by atoms with Crippen LogP contribution in [0.1, 0.15) is 35.2 Å². The van der Waals surface area contributed by atoms with Gasteiger partial charge in [-0.2, -0.15) is 5.26 Å². The number of nitrogens with one attached hydrogen (secondary N) is 1. The van der Waals surface area contributed by atoms with E-state index in [-0.39, 0.29) is 30.9 Å². The Labute approximate surface area is 190 Å². The average Bonchev–Trinajstić information content (AvgIpc) is 3.31. The van der Waals surface area contributed by atoms with Gasteiger partial charge in [0, 0.05) is 24.4 Å². The van der Waals surface area contributed by atoms with Crippen molar-refractivity contribution in [3.05, 3.63) is 46.6 Å². The Hall–Kier alpha value is -3.03. The highest BCUT2D eigenvalue weighted by Gasteiger charge is 2.32. The fraction of sp³-hybridized carbons (Fsp3) is 0.478. The van der Waals surface area contributed by atoms with E-state index in [9.17, 15) is 23.2 Å². The van der Waals surface area contributed by atoms with E-state index in [1.165, 1.54) is 18.2 Å². The van der Waals surface area contributed by atoms with Crippen molar-refractivity contribution < 1.29 is 27.4 Å². The minimum Gasteiger partial charge on any atom is -0.405 e. The zero-order valence-corrected chi connectivity index (χ0v) is 18.8. The summed E-state index contributed by atoms with van der Waals surface area (Å²) in [4.78, 5) is 14.4. The van der Waals surface area contributed by atoms with Crippen molar-refractivity contribution >= 4 is 11.7 Å². The van der Waals surface area contributed by atoms with E-state index in [4.69, 9.17) is 4.74 Å². The van der Waals surface area contributed by atoms with Gasteiger partial charge in [-0.05, 0) is 45.4 Å². The molecule has 1 aliphatic rings. The van der Waals surface area contributed by atoms with E-state index in [0.29, 0.717) is 30.1 Å². The second-order valence-electron chi connectivity index (χ2n) is 8.17. The molecule has 2 aromatic rings. The minimum atomic E-state index is -4.80. The third kappa shape index (κ3) is 6.27. The summed E-state index contributed by atoms with van der Waals surface area (Å²) in [5.74, 6) is -0.266. The van der Waals surface area contributed by atoms with Crippen LogP contribution in [-0.4, -0.2) is 48.0 Å². The number of benzene rings is 1. The van der Waals surface area contributed by atoms with E-state index in [2.05, 4.69) is 16.1 Å². The number of anilines is 1. The van der Waals surface area contributed by atoms with Gasteiger partial charge in [-0.15, -0.1) is 13.2 Å². The molecule has 1 saturated heterocycles. The number of ether oxygens (including phenoxy) is 2. The monoisotopic (exact) mass is 464 g/mol. The first-order valence-corrected chi connectivity index (χ1v) is 10.6. The first kappa shape index (κ1) is 24.6. The topological polar surface area (TPSA) is 79.5 Å². The molecule has 33 heavy (non-hydrogen) atoms. The van der Waals surface area contributed by atoms with Crippen LogP contribution in [0.25, 0.3) is 0 Å². The molecule has 1 aromatic carbocycles. The molecule has 2 heterocycles. The molecule has 1 aromatic heterocycles. The molecule has 1 N–H and O–H groups in total. The first-order chi connectivity index (χ1) is 15.6. The van der Waals surface area contributed by atoms with Crippen LogP contribution >= 0.6 is 0 Å². The van der Waals surface area contributed by atoms with Gasteiger partial charge in [0.25, 0.3) is 0 Å². The normalized spacial score (nSPS) is 16.1. The Morgan fingerprint density at radius 2 is 2.09 bits per heavy atom. The number of nitrogens with zero attached hydrogens (tertiary/aromatic N) is 3. The Balaban J connectivity index is 1.71. The van der Waals surface area contributed by atoms with Crippen LogP contribution in [0, 0.1) is 25.2 Å². The molecule has 0 aliphatic carbocycles. The van der Waals surface area contributed by atoms with Crippen molar-refractivity contribution in [2.24, 2.45) is 0 Å². The number of para-hydroxylation sites is 1. The zero-order valence-electron chi connectivity index (χ0n) is 18.8. The van der Waals surface area contributed by atoms with Gasteiger partial charge in [0.05, 0.1) is 24.8 Å². The van der Waals surface area contributed by atoms with Gasteiger partial charge in [0.15, 0.2) is 0 Å². The number of rotatable bonds is 8. The number of hydrogen-bond acceptors (Lipinski definition) is 5. The van der Waals surface area contributed by atoms with Gasteiger partial charge in [-0.3, -0.25) is 9.69 Å². The molecule has 1 amide bonds. The molecule has 0 spiro atoms. The number of aromatic nitrogens is 1. The van der Waals surface area contributed by atoms with E-state index in [1.54, 1.807) is 18.0 Å². The number of likely N-dealkylation sites (N-methyl/N-ethyl adjacent to an activating group) is 1. The summed E-state index contributed by atoms with van der Waals surface area (Å²) in [7, 11) is 1.62. The second kappa shape index (κ2) is 10.3. The molecule has 1 unspecified atom stereocenters. The number of carbonyl (C=O) groups excluding carboxylic acids is 1. The Morgan fingerprint density at radius 1 is 1.36 bits per heavy atom. The number of amides is 1. The van der Waals surface area contributed by atoms with Crippen LogP contribution in [0.2, 0.25) is 0 Å². The number of halogens is 3. The predicted molar refractivity (Wildman–Crippen MR) is 116 cm³/mol. The Kier molecular flexibility index (Phi) is 7.66. The van der Waals surface area contributed by atoms with Crippen LogP contribution in [0.15, 0.2) is 24.3 Å². The minimum absolute atomic E-state index is 0.0190. The van der Waals surface area contributed by atoms with E-state index in [1.807, 2.05) is 18.4 Å². The molecule has 0 bridgehead atoms. The highest BCUT2D eigenvalue weighted by molar-refractivity contribution is 5.93. The largest absolute Gasteiger partial charge is 0.573 e. The third-order valence-corrected chi connectivity index (χ3v) is 5.66. The van der Waals surface area contributed by atoms with Gasteiger partial charge < -0.3 is 19.4 Å². The van der Waals surface area contributed by atoms with Gasteiger partial charge >= 0.3 is 6.36 Å². The average molecular weight is 464 g/mol. The van der Waals surface area contributed by atoms with Gasteiger partial charge in [0.2, 0.25) is 5.91 Å². The first-order valence-electron chi connectivity index (χ1n) is 10.6. The molecule has 1 aliphatic heterocycles. The SMILES string of the molecule is Cc1c(C#N)c(NC(=O)CN(C)Cc2ccccc2OC(F)(F)F)n(CC2CCCO2)c1C. The molecular formula is C23H27F3N4O3. The number of hydrogen-bond donors (Lipinski definition) is 1. The number of carbonyl (C=O) groups is 1. The van der Waals surface area contributed by atoms with Gasteiger partial charge in [0.1, 0.15) is 17.6 Å². The lowest BCUT2D eigenvalue weighted by Crippen LogP contribution is -2.31. The van der Waals surface area contributed by atoms with Crippen LogP contribution in [-0.2, 0) is 22.6 Å². The predicted octanol–water partition coefficient (Wildman–Crippen LogP) is 4.12. The van der Waals surface area contributed by atoms with Crippen LogP contribution < -0.4 is 10.1 Å². The highest BCUT2D eigenvalue weighted by atomic mass is 19.4. The summed E-state index contributed by atoms with van der Waals surface area (Å²) in [6, 6.07) is 7.98. The smallest absolute Gasteiger partial charge is 0.405 e. The summed E-state index contributed by atoms with van der Waals surface area (Å²) in [6.45, 7) is 4.93. The third-order valence-electron chi connectivity index (χ3n) is 5.66. The molecule has 3 rings (SSSR count). The molecule has 0 radical (unpaired) electrons.